The summed E-state index contributed by atoms with van der Waals surface area (Å²) < 4.78 is 6.05. The number of hydrogen-bond donors (Lipinski definition) is 1. The summed E-state index contributed by atoms with van der Waals surface area (Å²) in [5, 5.41) is 11.6. The molecule has 2 N–H and O–H groups in total. The van der Waals surface area contributed by atoms with E-state index in [4.69, 9.17) is 10.2 Å². The van der Waals surface area contributed by atoms with Crippen LogP contribution in [0, 0.1) is 12.8 Å². The van der Waals surface area contributed by atoms with Gasteiger partial charge in [-0.05, 0) is 57.2 Å². The second-order valence-electron chi connectivity index (χ2n) is 10.1. The molecular weight excluding hydrogens is 446 g/mol. The Morgan fingerprint density at radius 3 is 2.79 bits per heavy atom. The average molecular weight is 480 g/mol. The number of nitrogens with zero attached hydrogens (tertiary/aromatic N) is 4. The molecule has 1 saturated heterocycles. The highest BCUT2D eigenvalue weighted by Crippen LogP contribution is 2.36. The van der Waals surface area contributed by atoms with Crippen molar-refractivity contribution in [2.24, 2.45) is 11.7 Å². The van der Waals surface area contributed by atoms with Gasteiger partial charge in [-0.3, -0.25) is 4.79 Å². The number of carbonyl (C=O) groups excluding carboxylic acids is 1. The molecule has 1 saturated carbocycles. The Bertz CT molecular complexity index is 1150. The van der Waals surface area contributed by atoms with Gasteiger partial charge < -0.3 is 15.1 Å². The Labute approximate surface area is 204 Å². The van der Waals surface area contributed by atoms with Gasteiger partial charge in [0.25, 0.3) is 5.91 Å². The van der Waals surface area contributed by atoms with Crippen LogP contribution in [0.25, 0.3) is 11.5 Å². The van der Waals surface area contributed by atoms with Gasteiger partial charge in [0.15, 0.2) is 0 Å². The first-order valence-corrected chi connectivity index (χ1v) is 13.2. The van der Waals surface area contributed by atoms with Crippen molar-refractivity contribution in [2.45, 2.75) is 76.8 Å². The van der Waals surface area contributed by atoms with Gasteiger partial charge in [-0.2, -0.15) is 0 Å². The van der Waals surface area contributed by atoms with Crippen molar-refractivity contribution in [3.8, 4) is 11.5 Å². The molecular formula is C26H33N5O2S. The molecule has 2 fully saturated rings. The lowest BCUT2D eigenvalue weighted by atomic mass is 9.80. The van der Waals surface area contributed by atoms with Gasteiger partial charge in [0.05, 0.1) is 11.6 Å². The average Bonchev–Trinajstić information content (AvgIpc) is 3.59. The first-order chi connectivity index (χ1) is 16.4. The number of likely N-dealkylation sites (tertiary alicyclic amines) is 1. The minimum atomic E-state index is -0.657. The van der Waals surface area contributed by atoms with E-state index >= 15 is 0 Å². The number of amides is 1. The van der Waals surface area contributed by atoms with E-state index in [-0.39, 0.29) is 11.9 Å². The summed E-state index contributed by atoms with van der Waals surface area (Å²) in [6.45, 7) is 4.71. The van der Waals surface area contributed by atoms with Crippen molar-refractivity contribution in [3.05, 3.63) is 51.8 Å². The highest BCUT2D eigenvalue weighted by molar-refractivity contribution is 7.09. The van der Waals surface area contributed by atoms with Crippen LogP contribution in [0.2, 0.25) is 0 Å². The molecule has 7 nitrogen and oxygen atoms in total. The normalized spacial score (nSPS) is 21.0. The number of nitrogens with two attached hydrogens (primary N) is 1. The Balaban J connectivity index is 1.33. The SMILES string of the molecule is Cc1csc(C2CCCN2C(=O)c2cccc(-c3nnc(C(C)(N)CC4CCCCC4)o3)c2)n1. The fourth-order valence-corrected chi connectivity index (χ4v) is 6.33. The topological polar surface area (TPSA) is 98.1 Å². The summed E-state index contributed by atoms with van der Waals surface area (Å²) in [7, 11) is 0. The van der Waals surface area contributed by atoms with Crippen LogP contribution in [0.1, 0.15) is 91.3 Å². The lowest BCUT2D eigenvalue weighted by molar-refractivity contribution is 0.0735. The second-order valence-corrected chi connectivity index (χ2v) is 11.0. The van der Waals surface area contributed by atoms with Crippen molar-refractivity contribution >= 4 is 17.2 Å². The van der Waals surface area contributed by atoms with E-state index in [1.54, 1.807) is 11.3 Å². The quantitative estimate of drug-likeness (QED) is 0.492. The predicted octanol–water partition coefficient (Wildman–Crippen LogP) is 5.62. The molecule has 5 rings (SSSR count). The summed E-state index contributed by atoms with van der Waals surface area (Å²) in [5.74, 6) is 1.48. The van der Waals surface area contributed by atoms with Crippen molar-refractivity contribution < 1.29 is 9.21 Å². The van der Waals surface area contributed by atoms with Crippen LogP contribution in [0.5, 0.6) is 0 Å². The molecule has 180 valence electrons. The molecule has 1 aromatic carbocycles. The van der Waals surface area contributed by atoms with E-state index in [0.29, 0.717) is 23.3 Å². The number of aryl methyl sites for hydroxylation is 1. The van der Waals surface area contributed by atoms with E-state index in [0.717, 1.165) is 42.1 Å². The zero-order valence-corrected chi connectivity index (χ0v) is 20.8. The van der Waals surface area contributed by atoms with E-state index < -0.39 is 5.54 Å². The molecule has 3 aromatic rings. The van der Waals surface area contributed by atoms with Gasteiger partial charge in [0, 0.05) is 28.7 Å². The van der Waals surface area contributed by atoms with Gasteiger partial charge >= 0.3 is 0 Å². The van der Waals surface area contributed by atoms with Crippen LogP contribution in [0.15, 0.2) is 34.1 Å². The fraction of sp³-hybridized carbons (Fsp3) is 0.538. The molecule has 34 heavy (non-hydrogen) atoms. The second kappa shape index (κ2) is 9.58. The zero-order valence-electron chi connectivity index (χ0n) is 20.0. The van der Waals surface area contributed by atoms with Gasteiger partial charge in [-0.15, -0.1) is 21.5 Å². The molecule has 2 atom stereocenters. The summed E-state index contributed by atoms with van der Waals surface area (Å²) >= 11 is 1.63. The molecule has 3 heterocycles. The highest BCUT2D eigenvalue weighted by Gasteiger charge is 2.34. The molecule has 0 bridgehead atoms. The van der Waals surface area contributed by atoms with E-state index in [9.17, 15) is 4.79 Å². The summed E-state index contributed by atoms with van der Waals surface area (Å²) in [5.41, 5.74) is 8.33. The predicted molar refractivity (Wildman–Crippen MR) is 132 cm³/mol. The van der Waals surface area contributed by atoms with Crippen LogP contribution in [-0.4, -0.2) is 32.5 Å². The molecule has 8 heteroatoms. The van der Waals surface area contributed by atoms with Crippen LogP contribution < -0.4 is 5.73 Å². The molecule has 1 amide bonds. The Morgan fingerprint density at radius 2 is 2.03 bits per heavy atom. The monoisotopic (exact) mass is 479 g/mol. The number of benzene rings is 1. The van der Waals surface area contributed by atoms with E-state index in [1.807, 2.05) is 48.4 Å². The Kier molecular flexibility index (Phi) is 6.53. The third-order valence-corrected chi connectivity index (χ3v) is 8.21. The maximum absolute atomic E-state index is 13.4. The van der Waals surface area contributed by atoms with Gasteiger partial charge in [0.2, 0.25) is 11.8 Å². The maximum atomic E-state index is 13.4. The lowest BCUT2D eigenvalue weighted by Crippen LogP contribution is -2.36. The summed E-state index contributed by atoms with van der Waals surface area (Å²) in [6, 6.07) is 7.50. The van der Waals surface area contributed by atoms with Gasteiger partial charge in [0.1, 0.15) is 5.01 Å². The van der Waals surface area contributed by atoms with Crippen LogP contribution >= 0.6 is 11.3 Å². The smallest absolute Gasteiger partial charge is 0.254 e. The first kappa shape index (κ1) is 23.2. The molecule has 2 unspecified atom stereocenters. The number of hydrogen-bond acceptors (Lipinski definition) is 7. The molecule has 2 aliphatic rings. The Morgan fingerprint density at radius 1 is 1.21 bits per heavy atom. The maximum Gasteiger partial charge on any atom is 0.254 e. The number of carbonyl (C=O) groups is 1. The zero-order chi connectivity index (χ0) is 23.7. The van der Waals surface area contributed by atoms with Crippen LogP contribution in [0.4, 0.5) is 0 Å². The van der Waals surface area contributed by atoms with E-state index in [1.165, 1.54) is 32.1 Å². The van der Waals surface area contributed by atoms with E-state index in [2.05, 4.69) is 15.2 Å². The van der Waals surface area contributed by atoms with Crippen molar-refractivity contribution in [1.29, 1.82) is 0 Å². The summed E-state index contributed by atoms with van der Waals surface area (Å²) in [4.78, 5) is 20.0. The van der Waals surface area contributed by atoms with Crippen molar-refractivity contribution in [2.75, 3.05) is 6.54 Å². The van der Waals surface area contributed by atoms with Crippen molar-refractivity contribution in [1.82, 2.24) is 20.1 Å². The highest BCUT2D eigenvalue weighted by atomic mass is 32.1. The van der Waals surface area contributed by atoms with Crippen LogP contribution in [0.3, 0.4) is 0 Å². The van der Waals surface area contributed by atoms with Crippen molar-refractivity contribution in [3.63, 3.8) is 0 Å². The summed E-state index contributed by atoms with van der Waals surface area (Å²) in [6.07, 6.45) is 9.08. The third-order valence-electron chi connectivity index (χ3n) is 7.14. The molecule has 0 spiro atoms. The van der Waals surface area contributed by atoms with Gasteiger partial charge in [-0.25, -0.2) is 4.98 Å². The number of rotatable bonds is 6. The molecule has 1 aliphatic carbocycles. The third kappa shape index (κ3) is 4.79. The molecule has 1 aliphatic heterocycles. The lowest BCUT2D eigenvalue weighted by Gasteiger charge is -2.29. The molecule has 0 radical (unpaired) electrons. The van der Waals surface area contributed by atoms with Crippen LogP contribution in [-0.2, 0) is 5.54 Å². The fourth-order valence-electron chi connectivity index (χ4n) is 5.39. The first-order valence-electron chi connectivity index (χ1n) is 12.4. The number of aromatic nitrogens is 3. The minimum Gasteiger partial charge on any atom is -0.419 e. The largest absolute Gasteiger partial charge is 0.419 e. The minimum absolute atomic E-state index is 0.0119. The standard InChI is InChI=1S/C26H33N5O2S/c1-17-16-34-23(28-17)21-12-7-13-31(21)24(32)20-11-6-10-19(14-20)22-29-30-25(33-22)26(2,27)15-18-8-4-3-5-9-18/h6,10-11,14,16,18,21H,3-5,7-9,12-13,15,27H2,1-2H3. The Hall–Kier alpha value is -2.58. The van der Waals surface area contributed by atoms with Gasteiger partial charge in [-0.1, -0.05) is 38.2 Å². The molecule has 2 aromatic heterocycles. The number of thiazole rings is 1.